The number of nitrogens with one attached hydrogen (secondary N) is 2. The number of rotatable bonds is 7. The molecule has 0 saturated carbocycles. The van der Waals surface area contributed by atoms with Gasteiger partial charge in [0.05, 0.1) is 16.0 Å². The van der Waals surface area contributed by atoms with Crippen LogP contribution in [0.5, 0.6) is 0 Å². The second-order valence-electron chi connectivity index (χ2n) is 9.88. The molecule has 0 spiro atoms. The third kappa shape index (κ3) is 7.98. The molecule has 3 rings (SSSR count). The van der Waals surface area contributed by atoms with Crippen molar-refractivity contribution in [3.63, 3.8) is 0 Å². The van der Waals surface area contributed by atoms with Gasteiger partial charge in [0.1, 0.15) is 0 Å². The number of halogens is 6. The van der Waals surface area contributed by atoms with E-state index in [-0.39, 0.29) is 21.7 Å². The van der Waals surface area contributed by atoms with Crippen LogP contribution in [0.2, 0.25) is 0 Å². The largest absolute Gasteiger partial charge is 0.416 e. The third-order valence-corrected chi connectivity index (χ3v) is 7.31. The van der Waals surface area contributed by atoms with E-state index in [1.54, 1.807) is 12.1 Å². The monoisotopic (exact) mass is 587 g/mol. The Morgan fingerprint density at radius 2 is 1.32 bits per heavy atom. The van der Waals surface area contributed by atoms with Crippen LogP contribution in [-0.2, 0) is 27.8 Å². The highest BCUT2D eigenvalue weighted by Crippen LogP contribution is 2.33. The Morgan fingerprint density at radius 3 is 1.88 bits per heavy atom. The van der Waals surface area contributed by atoms with Gasteiger partial charge in [-0.1, -0.05) is 45.0 Å². The van der Waals surface area contributed by atoms with E-state index in [1.807, 2.05) is 20.8 Å². The van der Waals surface area contributed by atoms with E-state index in [0.717, 1.165) is 34.7 Å². The van der Waals surface area contributed by atoms with E-state index in [0.29, 0.717) is 12.1 Å². The lowest BCUT2D eigenvalue weighted by Crippen LogP contribution is -2.41. The molecule has 6 nitrogen and oxygen atoms in total. The van der Waals surface area contributed by atoms with Gasteiger partial charge in [0.25, 0.3) is 0 Å². The second kappa shape index (κ2) is 11.5. The molecule has 3 aromatic rings. The summed E-state index contributed by atoms with van der Waals surface area (Å²) >= 11 is 0. The number of hydrogen-bond acceptors (Lipinski definition) is 3. The Kier molecular flexibility index (Phi) is 8.90. The molecule has 0 fully saturated rings. The minimum atomic E-state index is -4.74. The summed E-state index contributed by atoms with van der Waals surface area (Å²) in [6.45, 7) is 5.03. The van der Waals surface area contributed by atoms with E-state index >= 15 is 0 Å². The molecule has 2 amide bonds. The first-order valence-electron chi connectivity index (χ1n) is 11.9. The van der Waals surface area contributed by atoms with Crippen LogP contribution in [-0.4, -0.2) is 27.5 Å². The first-order valence-corrected chi connectivity index (χ1v) is 13.4. The number of sulfonamides is 1. The number of anilines is 2. The van der Waals surface area contributed by atoms with Gasteiger partial charge in [0, 0.05) is 24.5 Å². The first kappa shape index (κ1) is 31.0. The topological polar surface area (TPSA) is 78.5 Å². The zero-order valence-electron chi connectivity index (χ0n) is 21.7. The van der Waals surface area contributed by atoms with E-state index in [9.17, 15) is 39.6 Å². The number of carbonyl (C=O) groups excluding carboxylic acids is 1. The highest BCUT2D eigenvalue weighted by molar-refractivity contribution is 7.89. The molecule has 0 aliphatic rings. The van der Waals surface area contributed by atoms with Crippen LogP contribution < -0.4 is 14.9 Å². The van der Waals surface area contributed by atoms with Crippen LogP contribution >= 0.6 is 0 Å². The lowest BCUT2D eigenvalue weighted by atomic mass is 9.87. The van der Waals surface area contributed by atoms with Gasteiger partial charge in [-0.05, 0) is 59.5 Å². The number of nitrogens with zero attached hydrogens (tertiary/aromatic N) is 1. The van der Waals surface area contributed by atoms with Crippen LogP contribution in [0.3, 0.4) is 0 Å². The summed E-state index contributed by atoms with van der Waals surface area (Å²) in [6.07, 6.45) is -9.43. The predicted octanol–water partition coefficient (Wildman–Crippen LogP) is 7.04. The van der Waals surface area contributed by atoms with Crippen LogP contribution in [0.15, 0.2) is 77.7 Å². The van der Waals surface area contributed by atoms with Crippen LogP contribution in [0.1, 0.15) is 37.5 Å². The molecule has 0 heterocycles. The average molecular weight is 588 g/mol. The van der Waals surface area contributed by atoms with Gasteiger partial charge in [-0.2, -0.15) is 26.3 Å². The molecule has 0 unspecified atom stereocenters. The van der Waals surface area contributed by atoms with Gasteiger partial charge in [-0.25, -0.2) is 17.9 Å². The molecular formula is C27H27F6N3O3S. The number of benzene rings is 3. The second-order valence-corrected chi connectivity index (χ2v) is 11.6. The summed E-state index contributed by atoms with van der Waals surface area (Å²) in [6, 6.07) is 12.5. The van der Waals surface area contributed by atoms with Gasteiger partial charge < -0.3 is 5.32 Å². The van der Waals surface area contributed by atoms with Crippen molar-refractivity contribution in [1.29, 1.82) is 0 Å². The maximum atomic E-state index is 13.3. The quantitative estimate of drug-likeness (QED) is 0.291. The van der Waals surface area contributed by atoms with Crippen molar-refractivity contribution in [3.8, 4) is 0 Å². The van der Waals surface area contributed by atoms with Crippen molar-refractivity contribution in [1.82, 2.24) is 4.72 Å². The summed E-state index contributed by atoms with van der Waals surface area (Å²) in [4.78, 5) is 13.8. The van der Waals surface area contributed by atoms with Gasteiger partial charge in [0.2, 0.25) is 10.0 Å². The van der Waals surface area contributed by atoms with Crippen LogP contribution in [0.4, 0.5) is 42.5 Å². The molecule has 0 saturated heterocycles. The van der Waals surface area contributed by atoms with Crippen molar-refractivity contribution in [2.45, 2.75) is 43.4 Å². The van der Waals surface area contributed by atoms with Crippen molar-refractivity contribution >= 4 is 27.4 Å². The maximum Gasteiger partial charge on any atom is 0.416 e. The number of amides is 2. The fourth-order valence-electron chi connectivity index (χ4n) is 3.67. The molecule has 0 radical (unpaired) electrons. The molecule has 216 valence electrons. The fraction of sp³-hybridized carbons (Fsp3) is 0.296. The van der Waals surface area contributed by atoms with Gasteiger partial charge in [-0.15, -0.1) is 0 Å². The summed E-state index contributed by atoms with van der Waals surface area (Å²) in [5, 5.41) is 2.24. The molecule has 0 aromatic heterocycles. The average Bonchev–Trinajstić information content (AvgIpc) is 2.85. The summed E-state index contributed by atoms with van der Waals surface area (Å²) < 4.78 is 107. The van der Waals surface area contributed by atoms with Gasteiger partial charge in [-0.3, -0.25) is 4.90 Å². The first-order chi connectivity index (χ1) is 18.4. The summed E-state index contributed by atoms with van der Waals surface area (Å²) in [5.41, 5.74) is -1.92. The van der Waals surface area contributed by atoms with Crippen molar-refractivity contribution in [2.75, 3.05) is 23.3 Å². The van der Waals surface area contributed by atoms with Crippen molar-refractivity contribution in [3.05, 3.63) is 89.5 Å². The zero-order chi connectivity index (χ0) is 29.9. The van der Waals surface area contributed by atoms with Crippen LogP contribution in [0.25, 0.3) is 0 Å². The Labute approximate surface area is 228 Å². The molecule has 2 N–H and O–H groups in total. The summed E-state index contributed by atoms with van der Waals surface area (Å²) in [7, 11) is -4.05. The lowest BCUT2D eigenvalue weighted by molar-refractivity contribution is -0.138. The molecule has 0 atom stereocenters. The number of hydrogen-bond donors (Lipinski definition) is 2. The van der Waals surface area contributed by atoms with E-state index < -0.39 is 52.6 Å². The predicted molar refractivity (Wildman–Crippen MR) is 140 cm³/mol. The van der Waals surface area contributed by atoms with Crippen molar-refractivity contribution in [2.24, 2.45) is 0 Å². The number of alkyl halides is 6. The molecule has 0 aliphatic carbocycles. The lowest BCUT2D eigenvalue weighted by Gasteiger charge is -2.24. The van der Waals surface area contributed by atoms with Crippen LogP contribution in [0, 0.1) is 0 Å². The standard InChI is InChI=1S/C27H27F6N3O3S/c1-25(2,3)18-10-12-23(13-11-18)40(38,39)34-14-15-36(22-9-5-7-20(17-22)27(31,32)33)24(37)35-21-8-4-6-19(16-21)26(28,29)30/h4-13,16-17,34H,14-15H2,1-3H3,(H,35,37). The Hall–Kier alpha value is -3.58. The van der Waals surface area contributed by atoms with Gasteiger partial charge in [0.15, 0.2) is 0 Å². The molecular weight excluding hydrogens is 560 g/mol. The minimum Gasteiger partial charge on any atom is -0.308 e. The Bertz CT molecular complexity index is 1450. The Balaban J connectivity index is 1.84. The highest BCUT2D eigenvalue weighted by Gasteiger charge is 2.32. The molecule has 40 heavy (non-hydrogen) atoms. The fourth-order valence-corrected chi connectivity index (χ4v) is 4.69. The highest BCUT2D eigenvalue weighted by atomic mass is 32.2. The number of carbonyl (C=O) groups is 1. The molecule has 0 bridgehead atoms. The smallest absolute Gasteiger partial charge is 0.308 e. The SMILES string of the molecule is CC(C)(C)c1ccc(S(=O)(=O)NCCN(C(=O)Nc2cccc(C(F)(F)F)c2)c2cccc(C(F)(F)F)c2)cc1. The van der Waals surface area contributed by atoms with Gasteiger partial charge >= 0.3 is 18.4 Å². The van der Waals surface area contributed by atoms with E-state index in [2.05, 4.69) is 10.0 Å². The van der Waals surface area contributed by atoms with E-state index in [4.69, 9.17) is 0 Å². The minimum absolute atomic E-state index is 0.0560. The maximum absolute atomic E-state index is 13.3. The summed E-state index contributed by atoms with van der Waals surface area (Å²) in [5.74, 6) is 0. The Morgan fingerprint density at radius 1 is 0.775 bits per heavy atom. The van der Waals surface area contributed by atoms with Crippen molar-refractivity contribution < 1.29 is 39.6 Å². The molecule has 3 aromatic carbocycles. The normalized spacial score (nSPS) is 12.7. The third-order valence-electron chi connectivity index (χ3n) is 5.83. The van der Waals surface area contributed by atoms with E-state index in [1.165, 1.54) is 24.3 Å². The molecule has 0 aliphatic heterocycles. The zero-order valence-corrected chi connectivity index (χ0v) is 22.5. The molecule has 13 heteroatoms. The number of urea groups is 1.